The Hall–Kier alpha value is -2.61. The minimum absolute atomic E-state index is 0.0478. The summed E-state index contributed by atoms with van der Waals surface area (Å²) in [4.78, 5) is 16.6. The van der Waals surface area contributed by atoms with Crippen LogP contribution in [0.15, 0.2) is 53.1 Å². The quantitative estimate of drug-likeness (QED) is 0.385. The molecule has 0 saturated heterocycles. The molecule has 8 heteroatoms. The van der Waals surface area contributed by atoms with Gasteiger partial charge >= 0.3 is 0 Å². The van der Waals surface area contributed by atoms with Gasteiger partial charge in [-0.15, -0.1) is 11.3 Å². The van der Waals surface area contributed by atoms with Crippen molar-refractivity contribution in [3.63, 3.8) is 0 Å². The summed E-state index contributed by atoms with van der Waals surface area (Å²) in [5, 5.41) is 6.34. The maximum Gasteiger partial charge on any atom is 0.264 e. The van der Waals surface area contributed by atoms with E-state index >= 15 is 0 Å². The Morgan fingerprint density at radius 1 is 1.30 bits per heavy atom. The Labute approximate surface area is 183 Å². The van der Waals surface area contributed by atoms with E-state index in [-0.39, 0.29) is 5.91 Å². The van der Waals surface area contributed by atoms with Gasteiger partial charge in [0.05, 0.1) is 36.5 Å². The van der Waals surface area contributed by atoms with E-state index in [1.807, 2.05) is 54.1 Å². The lowest BCUT2D eigenvalue weighted by Crippen LogP contribution is -2.32. The lowest BCUT2D eigenvalue weighted by Gasteiger charge is -2.20. The molecule has 0 spiro atoms. The average molecular weight is 444 g/mol. The molecule has 1 aromatic carbocycles. The highest BCUT2D eigenvalue weighted by atomic mass is 35.5. The highest BCUT2D eigenvalue weighted by molar-refractivity contribution is 7.20. The Morgan fingerprint density at radius 2 is 2.13 bits per heavy atom. The van der Waals surface area contributed by atoms with Crippen LogP contribution < -0.4 is 0 Å². The second-order valence-corrected chi connectivity index (χ2v) is 8.40. The zero-order valence-corrected chi connectivity index (χ0v) is 18.4. The molecule has 1 amide bonds. The molecule has 0 N–H and O–H groups in total. The van der Waals surface area contributed by atoms with E-state index in [0.717, 1.165) is 27.2 Å². The minimum atomic E-state index is -0.0478. The number of carbonyl (C=O) groups is 1. The van der Waals surface area contributed by atoms with Crippen molar-refractivity contribution in [3.05, 3.63) is 75.6 Å². The smallest absolute Gasteiger partial charge is 0.264 e. The van der Waals surface area contributed by atoms with Gasteiger partial charge in [-0.25, -0.2) is 0 Å². The number of benzene rings is 1. The van der Waals surface area contributed by atoms with Gasteiger partial charge in [-0.05, 0) is 36.8 Å². The van der Waals surface area contributed by atoms with Crippen LogP contribution in [-0.4, -0.2) is 40.8 Å². The van der Waals surface area contributed by atoms with Crippen LogP contribution in [0, 0.1) is 6.92 Å². The Balaban J connectivity index is 1.63. The number of carbonyl (C=O) groups excluding carboxylic acids is 1. The van der Waals surface area contributed by atoms with Crippen LogP contribution in [0.1, 0.15) is 26.7 Å². The summed E-state index contributed by atoms with van der Waals surface area (Å²) in [6.45, 7) is 3.84. The largest absolute Gasteiger partial charge is 0.467 e. The van der Waals surface area contributed by atoms with Crippen LogP contribution in [0.4, 0.5) is 0 Å². The van der Waals surface area contributed by atoms with Crippen molar-refractivity contribution in [3.8, 4) is 0 Å². The topological polar surface area (TPSA) is 60.5 Å². The molecule has 4 rings (SSSR count). The molecule has 3 heterocycles. The molecule has 6 nitrogen and oxygen atoms in total. The molecule has 0 atom stereocenters. The van der Waals surface area contributed by atoms with E-state index in [4.69, 9.17) is 20.8 Å². The van der Waals surface area contributed by atoms with Gasteiger partial charge in [0.2, 0.25) is 0 Å². The van der Waals surface area contributed by atoms with E-state index in [2.05, 4.69) is 5.10 Å². The van der Waals surface area contributed by atoms with Gasteiger partial charge in [0.1, 0.15) is 10.6 Å². The van der Waals surface area contributed by atoms with Crippen molar-refractivity contribution < 1.29 is 13.9 Å². The normalized spacial score (nSPS) is 11.3. The SMILES string of the molecule is COCCN(Cc1ccco1)C(=O)c1cc2c(C)nn(Cc3ccccc3Cl)c2s1. The lowest BCUT2D eigenvalue weighted by atomic mass is 10.2. The van der Waals surface area contributed by atoms with Crippen LogP contribution in [0.2, 0.25) is 5.02 Å². The lowest BCUT2D eigenvalue weighted by molar-refractivity contribution is 0.0671. The van der Waals surface area contributed by atoms with Gasteiger partial charge < -0.3 is 14.1 Å². The standard InChI is InChI=1S/C22H22ClN3O3S/c1-15-18-12-20(21(27)25(9-11-28-2)14-17-7-5-10-29-17)30-22(18)26(24-15)13-16-6-3-4-8-19(16)23/h3-8,10,12H,9,11,13-14H2,1-2H3. The first-order chi connectivity index (χ1) is 14.6. The predicted octanol–water partition coefficient (Wildman–Crippen LogP) is 4.99. The van der Waals surface area contributed by atoms with E-state index < -0.39 is 0 Å². The number of thiophene rings is 1. The van der Waals surface area contributed by atoms with Crippen molar-refractivity contribution in [2.24, 2.45) is 0 Å². The van der Waals surface area contributed by atoms with Crippen molar-refractivity contribution in [2.45, 2.75) is 20.0 Å². The molecule has 0 aliphatic rings. The molecule has 156 valence electrons. The van der Waals surface area contributed by atoms with E-state index in [9.17, 15) is 4.79 Å². The maximum atomic E-state index is 13.3. The third-order valence-electron chi connectivity index (χ3n) is 4.88. The number of fused-ring (bicyclic) bond motifs is 1. The fourth-order valence-corrected chi connectivity index (χ4v) is 4.64. The van der Waals surface area contributed by atoms with Gasteiger partial charge in [0.15, 0.2) is 0 Å². The van der Waals surface area contributed by atoms with E-state index in [1.54, 1.807) is 18.3 Å². The molecule has 0 aliphatic carbocycles. The molecule has 0 saturated carbocycles. The van der Waals surface area contributed by atoms with Gasteiger partial charge in [0, 0.05) is 24.1 Å². The molecule has 0 aliphatic heterocycles. The third-order valence-corrected chi connectivity index (χ3v) is 6.38. The van der Waals surface area contributed by atoms with Crippen LogP contribution in [0.5, 0.6) is 0 Å². The van der Waals surface area contributed by atoms with Gasteiger partial charge in [-0.3, -0.25) is 9.48 Å². The number of hydrogen-bond acceptors (Lipinski definition) is 5. The molecule has 0 unspecified atom stereocenters. The number of halogens is 1. The van der Waals surface area contributed by atoms with Crippen molar-refractivity contribution in [1.29, 1.82) is 0 Å². The zero-order chi connectivity index (χ0) is 21.1. The number of nitrogens with zero attached hydrogens (tertiary/aromatic N) is 3. The fourth-order valence-electron chi connectivity index (χ4n) is 3.31. The van der Waals surface area contributed by atoms with Crippen LogP contribution in [0.25, 0.3) is 10.2 Å². The molecule has 0 fully saturated rings. The number of aryl methyl sites for hydroxylation is 1. The van der Waals surface area contributed by atoms with Crippen molar-refractivity contribution in [2.75, 3.05) is 20.3 Å². The summed E-state index contributed by atoms with van der Waals surface area (Å²) in [5.41, 5.74) is 1.88. The average Bonchev–Trinajstić information content (AvgIpc) is 3.46. The molecular weight excluding hydrogens is 422 g/mol. The summed E-state index contributed by atoms with van der Waals surface area (Å²) in [6, 6.07) is 13.3. The molecular formula is C22H22ClN3O3S. The summed E-state index contributed by atoms with van der Waals surface area (Å²) in [7, 11) is 1.63. The van der Waals surface area contributed by atoms with Crippen LogP contribution in [0.3, 0.4) is 0 Å². The van der Waals surface area contributed by atoms with E-state index in [0.29, 0.717) is 36.1 Å². The summed E-state index contributed by atoms with van der Waals surface area (Å²) < 4.78 is 12.5. The predicted molar refractivity (Wildman–Crippen MR) is 118 cm³/mol. The minimum Gasteiger partial charge on any atom is -0.467 e. The Kier molecular flexibility index (Phi) is 6.22. The zero-order valence-electron chi connectivity index (χ0n) is 16.8. The fraction of sp³-hybridized carbons (Fsp3) is 0.273. The first-order valence-electron chi connectivity index (χ1n) is 9.57. The number of amides is 1. The molecule has 4 aromatic rings. The maximum absolute atomic E-state index is 13.3. The molecule has 30 heavy (non-hydrogen) atoms. The number of methoxy groups -OCH3 is 1. The van der Waals surface area contributed by atoms with E-state index in [1.165, 1.54) is 11.3 Å². The van der Waals surface area contributed by atoms with Crippen LogP contribution in [-0.2, 0) is 17.8 Å². The van der Waals surface area contributed by atoms with Gasteiger partial charge in [0.25, 0.3) is 5.91 Å². The number of hydrogen-bond donors (Lipinski definition) is 0. The Bertz CT molecular complexity index is 1150. The molecule has 0 bridgehead atoms. The van der Waals surface area contributed by atoms with Crippen molar-refractivity contribution in [1.82, 2.24) is 14.7 Å². The molecule has 0 radical (unpaired) electrons. The van der Waals surface area contributed by atoms with Gasteiger partial charge in [-0.1, -0.05) is 29.8 Å². The Morgan fingerprint density at radius 3 is 2.87 bits per heavy atom. The van der Waals surface area contributed by atoms with Gasteiger partial charge in [-0.2, -0.15) is 5.10 Å². The number of furan rings is 1. The van der Waals surface area contributed by atoms with Crippen molar-refractivity contribution >= 4 is 39.1 Å². The first kappa shape index (κ1) is 20.7. The second-order valence-electron chi connectivity index (χ2n) is 6.96. The monoisotopic (exact) mass is 443 g/mol. The summed E-state index contributed by atoms with van der Waals surface area (Å²) in [5.74, 6) is 0.690. The second kappa shape index (κ2) is 9.04. The summed E-state index contributed by atoms with van der Waals surface area (Å²) >= 11 is 7.77. The number of ether oxygens (including phenoxy) is 1. The summed E-state index contributed by atoms with van der Waals surface area (Å²) in [6.07, 6.45) is 1.61. The molecule has 3 aromatic heterocycles. The number of rotatable bonds is 8. The highest BCUT2D eigenvalue weighted by Crippen LogP contribution is 2.30. The third kappa shape index (κ3) is 4.28. The highest BCUT2D eigenvalue weighted by Gasteiger charge is 2.22. The van der Waals surface area contributed by atoms with Crippen LogP contribution >= 0.6 is 22.9 Å². The first-order valence-corrected chi connectivity index (χ1v) is 10.8. The number of aromatic nitrogens is 2.